The van der Waals surface area contributed by atoms with E-state index >= 15 is 0 Å². The number of ether oxygens (including phenoxy) is 2. The minimum Gasteiger partial charge on any atom is -0.493 e. The molecule has 0 spiro atoms. The minimum absolute atomic E-state index is 0.0751. The Balaban J connectivity index is 1.50. The highest BCUT2D eigenvalue weighted by Gasteiger charge is 2.16. The number of nitrogens with zero attached hydrogens (tertiary/aromatic N) is 3. The van der Waals surface area contributed by atoms with Crippen molar-refractivity contribution in [2.45, 2.75) is 12.8 Å². The van der Waals surface area contributed by atoms with Crippen molar-refractivity contribution >= 4 is 23.8 Å². The van der Waals surface area contributed by atoms with Crippen molar-refractivity contribution in [1.29, 1.82) is 0 Å². The highest BCUT2D eigenvalue weighted by atomic mass is 16.5. The van der Waals surface area contributed by atoms with Gasteiger partial charge < -0.3 is 24.6 Å². The first-order valence-electron chi connectivity index (χ1n) is 9.54. The number of nitrogens with one attached hydrogen (secondary N) is 1. The number of aromatic nitrogens is 1. The normalized spacial score (nSPS) is 13.7. The predicted octanol–water partition coefficient (Wildman–Crippen LogP) is 1.95. The number of amides is 2. The number of hydrogen-bond acceptors (Lipinski definition) is 6. The van der Waals surface area contributed by atoms with E-state index < -0.39 is 0 Å². The second kappa shape index (κ2) is 9.77. The summed E-state index contributed by atoms with van der Waals surface area (Å²) < 4.78 is 10.5. The van der Waals surface area contributed by atoms with Crippen LogP contribution in [0.15, 0.2) is 36.5 Å². The first kappa shape index (κ1) is 20.4. The number of hydrogen-bond donors (Lipinski definition) is 1. The molecule has 1 aliphatic rings. The fourth-order valence-electron chi connectivity index (χ4n) is 3.22. The van der Waals surface area contributed by atoms with Crippen LogP contribution in [0.3, 0.4) is 0 Å². The summed E-state index contributed by atoms with van der Waals surface area (Å²) in [5, 5.41) is 2.88. The summed E-state index contributed by atoms with van der Waals surface area (Å²) in [6.07, 6.45) is 3.49. The highest BCUT2D eigenvalue weighted by Crippen LogP contribution is 2.28. The second-order valence-electron chi connectivity index (χ2n) is 6.77. The van der Waals surface area contributed by atoms with E-state index in [1.165, 1.54) is 0 Å². The number of aryl methyl sites for hydroxylation is 1. The van der Waals surface area contributed by atoms with Crippen LogP contribution in [0.5, 0.6) is 11.5 Å². The number of carbonyl (C=O) groups is 2. The van der Waals surface area contributed by atoms with Crippen LogP contribution in [-0.2, 0) is 16.0 Å². The number of pyridine rings is 1. The standard InChI is InChI=1S/C21H26N4O4/c1-28-18-6-3-16(13-19(18)29-2)4-8-21(27)23-17-5-7-20(22-14-17)25-11-9-24(15-26)10-12-25/h3,5-7,13-15H,4,8-12H2,1-2H3,(H,23,27). The molecule has 2 aromatic rings. The zero-order valence-electron chi connectivity index (χ0n) is 16.8. The van der Waals surface area contributed by atoms with Gasteiger partial charge in [0.2, 0.25) is 12.3 Å². The number of benzene rings is 1. The van der Waals surface area contributed by atoms with Crippen molar-refractivity contribution in [3.63, 3.8) is 0 Å². The molecule has 0 unspecified atom stereocenters. The zero-order chi connectivity index (χ0) is 20.6. The molecule has 1 fully saturated rings. The van der Waals surface area contributed by atoms with Crippen LogP contribution in [0, 0.1) is 0 Å². The Morgan fingerprint density at radius 3 is 2.48 bits per heavy atom. The highest BCUT2D eigenvalue weighted by molar-refractivity contribution is 5.90. The van der Waals surface area contributed by atoms with E-state index in [0.29, 0.717) is 43.1 Å². The van der Waals surface area contributed by atoms with Crippen molar-refractivity contribution in [1.82, 2.24) is 9.88 Å². The molecular formula is C21H26N4O4. The predicted molar refractivity (Wildman–Crippen MR) is 111 cm³/mol. The molecule has 0 bridgehead atoms. The summed E-state index contributed by atoms with van der Waals surface area (Å²) in [6, 6.07) is 9.38. The van der Waals surface area contributed by atoms with Gasteiger partial charge in [-0.3, -0.25) is 9.59 Å². The summed E-state index contributed by atoms with van der Waals surface area (Å²) in [5.41, 5.74) is 1.67. The van der Waals surface area contributed by atoms with Crippen LogP contribution in [0.4, 0.5) is 11.5 Å². The van der Waals surface area contributed by atoms with E-state index in [4.69, 9.17) is 9.47 Å². The lowest BCUT2D eigenvalue weighted by atomic mass is 10.1. The molecule has 0 aliphatic carbocycles. The smallest absolute Gasteiger partial charge is 0.224 e. The maximum atomic E-state index is 12.3. The molecule has 0 atom stereocenters. The number of carbonyl (C=O) groups excluding carboxylic acids is 2. The van der Waals surface area contributed by atoms with Gasteiger partial charge in [-0.25, -0.2) is 4.98 Å². The van der Waals surface area contributed by atoms with Crippen LogP contribution in [0.1, 0.15) is 12.0 Å². The average molecular weight is 398 g/mol. The third kappa shape index (κ3) is 5.37. The van der Waals surface area contributed by atoms with Crippen LogP contribution in [0.25, 0.3) is 0 Å². The lowest BCUT2D eigenvalue weighted by molar-refractivity contribution is -0.118. The largest absolute Gasteiger partial charge is 0.493 e. The topological polar surface area (TPSA) is 84.0 Å². The third-order valence-electron chi connectivity index (χ3n) is 4.91. The zero-order valence-corrected chi connectivity index (χ0v) is 16.8. The monoisotopic (exact) mass is 398 g/mol. The van der Waals surface area contributed by atoms with Crippen molar-refractivity contribution in [2.24, 2.45) is 0 Å². The van der Waals surface area contributed by atoms with Crippen molar-refractivity contribution in [3.8, 4) is 11.5 Å². The van der Waals surface area contributed by atoms with E-state index in [-0.39, 0.29) is 5.91 Å². The molecule has 1 N–H and O–H groups in total. The van der Waals surface area contributed by atoms with Gasteiger partial charge in [0.05, 0.1) is 26.1 Å². The Labute approximate surface area is 170 Å². The maximum absolute atomic E-state index is 12.3. The Morgan fingerprint density at radius 2 is 1.86 bits per heavy atom. The van der Waals surface area contributed by atoms with Gasteiger partial charge in [0.1, 0.15) is 5.82 Å². The van der Waals surface area contributed by atoms with Crippen LogP contribution < -0.4 is 19.7 Å². The average Bonchev–Trinajstić information content (AvgIpc) is 2.78. The second-order valence-corrected chi connectivity index (χ2v) is 6.77. The van der Waals surface area contributed by atoms with Crippen molar-refractivity contribution < 1.29 is 19.1 Å². The number of anilines is 2. The molecule has 154 valence electrons. The first-order valence-corrected chi connectivity index (χ1v) is 9.54. The molecule has 3 rings (SSSR count). The van der Waals surface area contributed by atoms with Gasteiger partial charge >= 0.3 is 0 Å². The summed E-state index contributed by atoms with van der Waals surface area (Å²) in [6.45, 7) is 2.89. The van der Waals surface area contributed by atoms with Crippen LogP contribution in [0.2, 0.25) is 0 Å². The molecule has 2 amide bonds. The Kier molecular flexibility index (Phi) is 6.89. The van der Waals surface area contributed by atoms with Gasteiger partial charge in [0.25, 0.3) is 0 Å². The SMILES string of the molecule is COc1ccc(CCC(=O)Nc2ccc(N3CCN(C=O)CC3)nc2)cc1OC. The quantitative estimate of drug-likeness (QED) is 0.685. The maximum Gasteiger partial charge on any atom is 0.224 e. The molecule has 1 aromatic carbocycles. The number of methoxy groups -OCH3 is 2. The van der Waals surface area contributed by atoms with E-state index in [9.17, 15) is 9.59 Å². The van der Waals surface area contributed by atoms with Crippen molar-refractivity contribution in [3.05, 3.63) is 42.1 Å². The van der Waals surface area contributed by atoms with Gasteiger partial charge in [-0.15, -0.1) is 0 Å². The summed E-state index contributed by atoms with van der Waals surface area (Å²) >= 11 is 0. The molecular weight excluding hydrogens is 372 g/mol. The van der Waals surface area contributed by atoms with Gasteiger partial charge in [0.15, 0.2) is 11.5 Å². The fourth-order valence-corrected chi connectivity index (χ4v) is 3.22. The molecule has 0 radical (unpaired) electrons. The third-order valence-corrected chi connectivity index (χ3v) is 4.91. The van der Waals surface area contributed by atoms with Gasteiger partial charge in [-0.05, 0) is 36.2 Å². The van der Waals surface area contributed by atoms with Gasteiger partial charge in [-0.2, -0.15) is 0 Å². The molecule has 8 heteroatoms. The van der Waals surface area contributed by atoms with Gasteiger partial charge in [0, 0.05) is 32.6 Å². The Morgan fingerprint density at radius 1 is 1.10 bits per heavy atom. The van der Waals surface area contributed by atoms with E-state index in [1.807, 2.05) is 30.3 Å². The Bertz CT molecular complexity index is 833. The van der Waals surface area contributed by atoms with E-state index in [0.717, 1.165) is 30.9 Å². The molecule has 8 nitrogen and oxygen atoms in total. The summed E-state index contributed by atoms with van der Waals surface area (Å²) in [4.78, 5) is 31.4. The molecule has 1 aromatic heterocycles. The lowest BCUT2D eigenvalue weighted by Crippen LogP contribution is -2.46. The van der Waals surface area contributed by atoms with E-state index in [1.54, 1.807) is 25.3 Å². The first-order chi connectivity index (χ1) is 14.1. The molecule has 1 saturated heterocycles. The van der Waals surface area contributed by atoms with E-state index in [2.05, 4.69) is 15.2 Å². The van der Waals surface area contributed by atoms with Gasteiger partial charge in [-0.1, -0.05) is 6.07 Å². The van der Waals surface area contributed by atoms with Crippen LogP contribution >= 0.6 is 0 Å². The summed E-state index contributed by atoms with van der Waals surface area (Å²) in [5.74, 6) is 2.09. The minimum atomic E-state index is -0.0751. The Hall–Kier alpha value is -3.29. The number of piperazine rings is 1. The lowest BCUT2D eigenvalue weighted by Gasteiger charge is -2.33. The summed E-state index contributed by atoms with van der Waals surface area (Å²) in [7, 11) is 3.18. The fraction of sp³-hybridized carbons (Fsp3) is 0.381. The van der Waals surface area contributed by atoms with Crippen molar-refractivity contribution in [2.75, 3.05) is 50.6 Å². The molecule has 0 saturated carbocycles. The van der Waals surface area contributed by atoms with Crippen LogP contribution in [-0.4, -0.2) is 62.6 Å². The molecule has 29 heavy (non-hydrogen) atoms. The number of rotatable bonds is 8. The molecule has 2 heterocycles. The molecule has 1 aliphatic heterocycles.